The number of rotatable bonds is 5. The Kier molecular flexibility index (Phi) is 4.35. The quantitative estimate of drug-likeness (QED) is 0.566. The monoisotopic (exact) mass is 215 g/mol. The average Bonchev–Trinajstić information content (AvgIpc) is 1.99. The third-order valence-electron chi connectivity index (χ3n) is 2.90. The van der Waals surface area contributed by atoms with Gasteiger partial charge in [0, 0.05) is 5.41 Å². The van der Waals surface area contributed by atoms with E-state index in [1.54, 1.807) is 0 Å². The molecule has 90 valence electrons. The molecule has 0 amide bonds. The largest absolute Gasteiger partial charge is 0.446 e. The predicted molar refractivity (Wildman–Crippen MR) is 62.2 cm³/mol. The molecule has 0 bridgehead atoms. The van der Waals surface area contributed by atoms with Gasteiger partial charge in [-0.3, -0.25) is 10.5 Å². The topological polar surface area (TPSA) is 52.3 Å². The molecule has 0 heterocycles. The summed E-state index contributed by atoms with van der Waals surface area (Å²) in [6, 6.07) is 0. The molecule has 0 radical (unpaired) electrons. The lowest BCUT2D eigenvalue weighted by Crippen LogP contribution is -2.55. The van der Waals surface area contributed by atoms with Gasteiger partial charge in [-0.2, -0.15) is 0 Å². The van der Waals surface area contributed by atoms with Crippen LogP contribution in [0.25, 0.3) is 0 Å². The first-order chi connectivity index (χ1) is 6.58. The zero-order valence-electron chi connectivity index (χ0n) is 10.9. The van der Waals surface area contributed by atoms with Gasteiger partial charge in [0.2, 0.25) is 0 Å². The van der Waals surface area contributed by atoms with E-state index in [4.69, 9.17) is 10.5 Å². The highest BCUT2D eigenvalue weighted by atomic mass is 16.6. The smallest absolute Gasteiger partial charge is 0.294 e. The Morgan fingerprint density at radius 2 is 1.67 bits per heavy atom. The van der Waals surface area contributed by atoms with E-state index >= 15 is 0 Å². The van der Waals surface area contributed by atoms with E-state index in [2.05, 4.69) is 20.8 Å². The minimum absolute atomic E-state index is 0.162. The lowest BCUT2D eigenvalue weighted by atomic mass is 9.69. The maximum Gasteiger partial charge on any atom is 0.294 e. The van der Waals surface area contributed by atoms with Crippen LogP contribution in [0.1, 0.15) is 54.4 Å². The Morgan fingerprint density at radius 1 is 1.20 bits per heavy atom. The van der Waals surface area contributed by atoms with Gasteiger partial charge < -0.3 is 4.74 Å². The molecule has 3 nitrogen and oxygen atoms in total. The summed E-state index contributed by atoms with van der Waals surface area (Å²) in [6.07, 6.45) is 1.52. The Hall–Kier alpha value is -0.570. The summed E-state index contributed by atoms with van der Waals surface area (Å²) >= 11 is 0. The lowest BCUT2D eigenvalue weighted by molar-refractivity contribution is -0.162. The summed E-state index contributed by atoms with van der Waals surface area (Å²) in [4.78, 5) is 10.5. The van der Waals surface area contributed by atoms with Crippen LogP contribution in [0, 0.1) is 10.8 Å². The molecule has 0 aliphatic rings. The molecule has 0 saturated heterocycles. The summed E-state index contributed by atoms with van der Waals surface area (Å²) < 4.78 is 5.09. The fourth-order valence-corrected chi connectivity index (χ4v) is 2.28. The minimum Gasteiger partial charge on any atom is -0.446 e. The summed E-state index contributed by atoms with van der Waals surface area (Å²) in [7, 11) is 0. The molecule has 0 saturated carbocycles. The van der Waals surface area contributed by atoms with Crippen LogP contribution in [0.5, 0.6) is 0 Å². The van der Waals surface area contributed by atoms with Gasteiger partial charge in [0.15, 0.2) is 5.72 Å². The molecule has 2 N–H and O–H groups in total. The van der Waals surface area contributed by atoms with Gasteiger partial charge in [-0.05, 0) is 18.3 Å². The van der Waals surface area contributed by atoms with Crippen molar-refractivity contribution in [2.75, 3.05) is 0 Å². The van der Waals surface area contributed by atoms with Crippen LogP contribution in [0.15, 0.2) is 0 Å². The molecule has 0 aromatic heterocycles. The highest BCUT2D eigenvalue weighted by Gasteiger charge is 2.44. The number of nitrogens with two attached hydrogens (primary N) is 1. The number of carbonyl (C=O) groups excluding carboxylic acids is 1. The maximum absolute atomic E-state index is 10.5. The first-order valence-electron chi connectivity index (χ1n) is 5.48. The molecule has 0 aromatic carbocycles. The molecule has 0 spiro atoms. The van der Waals surface area contributed by atoms with Crippen LogP contribution in [-0.4, -0.2) is 12.2 Å². The van der Waals surface area contributed by atoms with E-state index < -0.39 is 5.72 Å². The van der Waals surface area contributed by atoms with E-state index in [-0.39, 0.29) is 10.8 Å². The molecule has 0 aliphatic heterocycles. The van der Waals surface area contributed by atoms with E-state index in [0.29, 0.717) is 12.9 Å². The number of ether oxygens (including phenoxy) is 1. The van der Waals surface area contributed by atoms with Gasteiger partial charge in [-0.1, -0.05) is 41.5 Å². The van der Waals surface area contributed by atoms with Crippen LogP contribution in [0.4, 0.5) is 0 Å². The molecular formula is C12H25NO2. The highest BCUT2D eigenvalue weighted by molar-refractivity contribution is 5.38. The fraction of sp³-hybridized carbons (Fsp3) is 0.917. The van der Waals surface area contributed by atoms with Gasteiger partial charge in [0.1, 0.15) is 0 Å². The van der Waals surface area contributed by atoms with Crippen molar-refractivity contribution in [2.24, 2.45) is 16.6 Å². The second-order valence-corrected chi connectivity index (χ2v) is 6.08. The summed E-state index contributed by atoms with van der Waals surface area (Å²) in [5.74, 6) is 0. The van der Waals surface area contributed by atoms with Crippen molar-refractivity contribution in [3.05, 3.63) is 0 Å². The van der Waals surface area contributed by atoms with Gasteiger partial charge in [0.05, 0.1) is 0 Å². The third kappa shape index (κ3) is 3.82. The first kappa shape index (κ1) is 14.4. The molecule has 1 atom stereocenters. The second kappa shape index (κ2) is 4.52. The van der Waals surface area contributed by atoms with Crippen molar-refractivity contribution in [1.29, 1.82) is 0 Å². The van der Waals surface area contributed by atoms with Crippen molar-refractivity contribution in [3.63, 3.8) is 0 Å². The maximum atomic E-state index is 10.5. The third-order valence-corrected chi connectivity index (χ3v) is 2.90. The first-order valence-corrected chi connectivity index (χ1v) is 5.48. The summed E-state index contributed by atoms with van der Waals surface area (Å²) in [5, 5.41) is 0. The van der Waals surface area contributed by atoms with Gasteiger partial charge in [-0.15, -0.1) is 0 Å². The van der Waals surface area contributed by atoms with Gasteiger partial charge in [0.25, 0.3) is 6.47 Å². The van der Waals surface area contributed by atoms with E-state index in [1.807, 2.05) is 20.8 Å². The standard InChI is InChI=1S/C12H25NO2/c1-7-12(13,15-9-14)11(5,6)8-10(2,3)4/h9H,7-8,13H2,1-6H3. The van der Waals surface area contributed by atoms with E-state index in [1.165, 1.54) is 0 Å². The Balaban J connectivity index is 4.87. The summed E-state index contributed by atoms with van der Waals surface area (Å²) in [6.45, 7) is 13.0. The van der Waals surface area contributed by atoms with Crippen LogP contribution in [0.2, 0.25) is 0 Å². The van der Waals surface area contributed by atoms with E-state index in [9.17, 15) is 4.79 Å². The highest BCUT2D eigenvalue weighted by Crippen LogP contribution is 2.41. The van der Waals surface area contributed by atoms with Crippen LogP contribution >= 0.6 is 0 Å². The van der Waals surface area contributed by atoms with Gasteiger partial charge >= 0.3 is 0 Å². The number of hydrogen-bond acceptors (Lipinski definition) is 3. The van der Waals surface area contributed by atoms with Crippen molar-refractivity contribution in [2.45, 2.75) is 60.1 Å². The zero-order chi connectivity index (χ0) is 12.3. The molecule has 3 heteroatoms. The number of hydrogen-bond donors (Lipinski definition) is 1. The van der Waals surface area contributed by atoms with Gasteiger partial charge in [-0.25, -0.2) is 0 Å². The Bertz CT molecular complexity index is 218. The molecule has 0 aliphatic carbocycles. The second-order valence-electron chi connectivity index (χ2n) is 6.08. The van der Waals surface area contributed by atoms with Crippen molar-refractivity contribution in [3.8, 4) is 0 Å². The lowest BCUT2D eigenvalue weighted by Gasteiger charge is -2.44. The van der Waals surface area contributed by atoms with Crippen molar-refractivity contribution in [1.82, 2.24) is 0 Å². The van der Waals surface area contributed by atoms with Crippen LogP contribution in [0.3, 0.4) is 0 Å². The SMILES string of the molecule is CCC(N)(OC=O)C(C)(C)CC(C)(C)C. The fourth-order valence-electron chi connectivity index (χ4n) is 2.28. The minimum atomic E-state index is -0.873. The zero-order valence-corrected chi connectivity index (χ0v) is 10.9. The molecular weight excluding hydrogens is 190 g/mol. The van der Waals surface area contributed by atoms with Crippen molar-refractivity contribution < 1.29 is 9.53 Å². The number of carbonyl (C=O) groups is 1. The van der Waals surface area contributed by atoms with Crippen LogP contribution in [-0.2, 0) is 9.53 Å². The van der Waals surface area contributed by atoms with Crippen LogP contribution < -0.4 is 5.73 Å². The molecule has 1 unspecified atom stereocenters. The predicted octanol–water partition coefficient (Wildman–Crippen LogP) is 2.69. The Labute approximate surface area is 93.4 Å². The molecule has 15 heavy (non-hydrogen) atoms. The summed E-state index contributed by atoms with van der Waals surface area (Å²) in [5.41, 5.74) is 5.19. The molecule has 0 rings (SSSR count). The average molecular weight is 215 g/mol. The Morgan fingerprint density at radius 3 is 1.93 bits per heavy atom. The molecule has 0 fully saturated rings. The van der Waals surface area contributed by atoms with E-state index in [0.717, 1.165) is 6.42 Å². The molecule has 0 aromatic rings. The normalized spacial score (nSPS) is 17.0. The van der Waals surface area contributed by atoms with Crippen molar-refractivity contribution >= 4 is 6.47 Å².